The van der Waals surface area contributed by atoms with Gasteiger partial charge in [0.05, 0.1) is 5.92 Å². The minimum absolute atomic E-state index is 0.0387. The summed E-state index contributed by atoms with van der Waals surface area (Å²) in [4.78, 5) is 17.8. The van der Waals surface area contributed by atoms with Gasteiger partial charge in [-0.1, -0.05) is 0 Å². The average Bonchev–Trinajstić information content (AvgIpc) is 2.79. The zero-order valence-electron chi connectivity index (χ0n) is 10.9. The van der Waals surface area contributed by atoms with Gasteiger partial charge in [-0.05, 0) is 37.6 Å². The van der Waals surface area contributed by atoms with E-state index < -0.39 is 0 Å². The normalized spacial score (nSPS) is 19.2. The number of carbonyl (C=O) groups is 1. The standard InChI is InChI=1S/C13H20N4O/c1-9-5-10(6-15-2)7-16-13(9)17-4-3-11(8-17)12(14)18/h5,7,11,15H,3-4,6,8H2,1-2H3,(H2,14,18). The number of rotatable bonds is 4. The lowest BCUT2D eigenvalue weighted by Gasteiger charge is -2.19. The van der Waals surface area contributed by atoms with E-state index in [1.165, 1.54) is 5.56 Å². The van der Waals surface area contributed by atoms with Crippen LogP contribution in [0.5, 0.6) is 0 Å². The third-order valence-electron chi connectivity index (χ3n) is 3.38. The molecule has 0 saturated carbocycles. The summed E-state index contributed by atoms with van der Waals surface area (Å²) in [6.07, 6.45) is 2.71. The zero-order valence-corrected chi connectivity index (χ0v) is 10.9. The Labute approximate surface area is 107 Å². The molecule has 1 aliphatic heterocycles. The van der Waals surface area contributed by atoms with Crippen molar-refractivity contribution in [3.05, 3.63) is 23.4 Å². The van der Waals surface area contributed by atoms with Crippen LogP contribution in [-0.4, -0.2) is 31.0 Å². The second kappa shape index (κ2) is 5.35. The highest BCUT2D eigenvalue weighted by Gasteiger charge is 2.28. The van der Waals surface area contributed by atoms with Crippen LogP contribution >= 0.6 is 0 Å². The predicted octanol–water partition coefficient (Wildman–Crippen LogP) is 0.421. The number of amides is 1. The molecule has 0 bridgehead atoms. The van der Waals surface area contributed by atoms with E-state index in [2.05, 4.69) is 28.2 Å². The van der Waals surface area contributed by atoms with Crippen LogP contribution in [0, 0.1) is 12.8 Å². The highest BCUT2D eigenvalue weighted by molar-refractivity contribution is 5.78. The molecule has 5 heteroatoms. The summed E-state index contributed by atoms with van der Waals surface area (Å²) in [6, 6.07) is 2.14. The van der Waals surface area contributed by atoms with Gasteiger partial charge >= 0.3 is 0 Å². The Morgan fingerprint density at radius 1 is 1.67 bits per heavy atom. The molecule has 5 nitrogen and oxygen atoms in total. The van der Waals surface area contributed by atoms with E-state index in [9.17, 15) is 4.79 Å². The third kappa shape index (κ3) is 2.61. The number of nitrogens with zero attached hydrogens (tertiary/aromatic N) is 2. The fourth-order valence-corrected chi connectivity index (χ4v) is 2.44. The third-order valence-corrected chi connectivity index (χ3v) is 3.38. The number of primary amides is 1. The number of anilines is 1. The van der Waals surface area contributed by atoms with Crippen molar-refractivity contribution in [1.82, 2.24) is 10.3 Å². The van der Waals surface area contributed by atoms with Crippen LogP contribution in [0.2, 0.25) is 0 Å². The second-order valence-electron chi connectivity index (χ2n) is 4.85. The first-order chi connectivity index (χ1) is 8.61. The van der Waals surface area contributed by atoms with Gasteiger partial charge in [-0.15, -0.1) is 0 Å². The summed E-state index contributed by atoms with van der Waals surface area (Å²) < 4.78 is 0. The lowest BCUT2D eigenvalue weighted by atomic mass is 10.1. The second-order valence-corrected chi connectivity index (χ2v) is 4.85. The lowest BCUT2D eigenvalue weighted by Crippen LogP contribution is -2.28. The molecule has 1 aromatic heterocycles. The highest BCUT2D eigenvalue weighted by Crippen LogP contribution is 2.25. The summed E-state index contributed by atoms with van der Waals surface area (Å²) in [5.74, 6) is 0.726. The van der Waals surface area contributed by atoms with Crippen molar-refractivity contribution in [3.63, 3.8) is 0 Å². The van der Waals surface area contributed by atoms with Crippen LogP contribution in [0.3, 0.4) is 0 Å². The molecule has 0 aromatic carbocycles. The number of hydrogen-bond acceptors (Lipinski definition) is 4. The first-order valence-electron chi connectivity index (χ1n) is 6.26. The molecule has 2 rings (SSSR count). The number of pyridine rings is 1. The molecule has 1 saturated heterocycles. The minimum Gasteiger partial charge on any atom is -0.369 e. The number of aromatic nitrogens is 1. The summed E-state index contributed by atoms with van der Waals surface area (Å²) in [6.45, 7) is 4.42. The Bertz CT molecular complexity index is 447. The number of nitrogens with two attached hydrogens (primary N) is 1. The van der Waals surface area contributed by atoms with Crippen LogP contribution in [0.1, 0.15) is 17.5 Å². The average molecular weight is 248 g/mol. The van der Waals surface area contributed by atoms with Crippen molar-refractivity contribution in [2.45, 2.75) is 19.9 Å². The predicted molar refractivity (Wildman–Crippen MR) is 71.3 cm³/mol. The summed E-state index contributed by atoms with van der Waals surface area (Å²) >= 11 is 0. The van der Waals surface area contributed by atoms with Crippen LogP contribution < -0.4 is 16.0 Å². The lowest BCUT2D eigenvalue weighted by molar-refractivity contribution is -0.121. The topological polar surface area (TPSA) is 71.2 Å². The SMILES string of the molecule is CNCc1cnc(N2CCC(C(N)=O)C2)c(C)c1. The van der Waals surface area contributed by atoms with Crippen molar-refractivity contribution in [1.29, 1.82) is 0 Å². The molecule has 18 heavy (non-hydrogen) atoms. The van der Waals surface area contributed by atoms with Crippen LogP contribution in [-0.2, 0) is 11.3 Å². The van der Waals surface area contributed by atoms with Gasteiger partial charge in [0, 0.05) is 25.8 Å². The maximum Gasteiger partial charge on any atom is 0.222 e. The monoisotopic (exact) mass is 248 g/mol. The molecular formula is C13H20N4O. The molecule has 1 unspecified atom stereocenters. The first-order valence-corrected chi connectivity index (χ1v) is 6.26. The van der Waals surface area contributed by atoms with Crippen molar-refractivity contribution >= 4 is 11.7 Å². The highest BCUT2D eigenvalue weighted by atomic mass is 16.1. The Morgan fingerprint density at radius 3 is 3.00 bits per heavy atom. The summed E-state index contributed by atoms with van der Waals surface area (Å²) in [5, 5.41) is 3.11. The maximum atomic E-state index is 11.2. The van der Waals surface area contributed by atoms with Crippen molar-refractivity contribution in [3.8, 4) is 0 Å². The van der Waals surface area contributed by atoms with E-state index in [-0.39, 0.29) is 11.8 Å². The fraction of sp³-hybridized carbons (Fsp3) is 0.538. The number of carbonyl (C=O) groups excluding carboxylic acids is 1. The van der Waals surface area contributed by atoms with E-state index >= 15 is 0 Å². The van der Waals surface area contributed by atoms with Crippen LogP contribution in [0.4, 0.5) is 5.82 Å². The number of aryl methyl sites for hydroxylation is 1. The van der Waals surface area contributed by atoms with Gasteiger partial charge in [-0.2, -0.15) is 0 Å². The van der Waals surface area contributed by atoms with Gasteiger partial charge in [0.2, 0.25) is 5.91 Å². The Kier molecular flexibility index (Phi) is 3.81. The molecule has 0 spiro atoms. The molecular weight excluding hydrogens is 228 g/mol. The molecule has 0 radical (unpaired) electrons. The fourth-order valence-electron chi connectivity index (χ4n) is 2.44. The number of nitrogens with one attached hydrogen (secondary N) is 1. The van der Waals surface area contributed by atoms with E-state index in [0.29, 0.717) is 6.54 Å². The van der Waals surface area contributed by atoms with Gasteiger partial charge in [0.1, 0.15) is 5.82 Å². The van der Waals surface area contributed by atoms with Gasteiger partial charge in [0.15, 0.2) is 0 Å². The van der Waals surface area contributed by atoms with E-state index in [1.807, 2.05) is 13.2 Å². The quantitative estimate of drug-likeness (QED) is 0.810. The largest absolute Gasteiger partial charge is 0.369 e. The van der Waals surface area contributed by atoms with E-state index in [1.54, 1.807) is 0 Å². The molecule has 2 heterocycles. The molecule has 1 atom stereocenters. The Morgan fingerprint density at radius 2 is 2.44 bits per heavy atom. The molecule has 98 valence electrons. The zero-order chi connectivity index (χ0) is 13.1. The van der Waals surface area contributed by atoms with Crippen molar-refractivity contribution in [2.24, 2.45) is 11.7 Å². The van der Waals surface area contributed by atoms with Gasteiger partial charge in [0.25, 0.3) is 0 Å². The smallest absolute Gasteiger partial charge is 0.222 e. The van der Waals surface area contributed by atoms with Gasteiger partial charge in [-0.3, -0.25) is 4.79 Å². The van der Waals surface area contributed by atoms with Crippen molar-refractivity contribution in [2.75, 3.05) is 25.0 Å². The molecule has 1 amide bonds. The maximum absolute atomic E-state index is 11.2. The summed E-state index contributed by atoms with van der Waals surface area (Å²) in [7, 11) is 1.92. The van der Waals surface area contributed by atoms with Crippen molar-refractivity contribution < 1.29 is 4.79 Å². The number of hydrogen-bond donors (Lipinski definition) is 2. The molecule has 1 fully saturated rings. The van der Waals surface area contributed by atoms with E-state index in [0.717, 1.165) is 30.9 Å². The summed E-state index contributed by atoms with van der Waals surface area (Å²) in [5.41, 5.74) is 7.66. The molecule has 1 aromatic rings. The van der Waals surface area contributed by atoms with Crippen LogP contribution in [0.25, 0.3) is 0 Å². The minimum atomic E-state index is -0.207. The van der Waals surface area contributed by atoms with E-state index in [4.69, 9.17) is 5.73 Å². The molecule has 1 aliphatic rings. The Balaban J connectivity index is 2.12. The first kappa shape index (κ1) is 12.8. The molecule has 0 aliphatic carbocycles. The van der Waals surface area contributed by atoms with Gasteiger partial charge in [-0.25, -0.2) is 4.98 Å². The molecule has 3 N–H and O–H groups in total. The van der Waals surface area contributed by atoms with Crippen LogP contribution in [0.15, 0.2) is 12.3 Å². The van der Waals surface area contributed by atoms with Gasteiger partial charge < -0.3 is 16.0 Å². The Hall–Kier alpha value is -1.62.